The van der Waals surface area contributed by atoms with E-state index in [0.29, 0.717) is 6.04 Å². The van der Waals surface area contributed by atoms with Gasteiger partial charge in [0.15, 0.2) is 0 Å². The molecule has 0 N–H and O–H groups in total. The lowest BCUT2D eigenvalue weighted by molar-refractivity contribution is -0.191. The summed E-state index contributed by atoms with van der Waals surface area (Å²) in [6.07, 6.45) is 7.37. The maximum Gasteiger partial charge on any atom is 0.125 e. The zero-order chi connectivity index (χ0) is 18.7. The van der Waals surface area contributed by atoms with Crippen molar-refractivity contribution in [2.24, 2.45) is 5.41 Å². The lowest BCUT2D eigenvalue weighted by atomic mass is 9.55. The van der Waals surface area contributed by atoms with Gasteiger partial charge in [-0.25, -0.2) is 0 Å². The second kappa shape index (κ2) is 3.81. The number of hydrogen-bond acceptors (Lipinski definition) is 2. The van der Waals surface area contributed by atoms with Crippen LogP contribution in [0.3, 0.4) is 0 Å². The zero-order valence-electron chi connectivity index (χ0n) is 16.7. The zero-order valence-corrected chi connectivity index (χ0v) is 16.7. The van der Waals surface area contributed by atoms with E-state index >= 15 is 0 Å². The number of rotatable bonds is 0. The van der Waals surface area contributed by atoms with Crippen molar-refractivity contribution in [2.45, 2.75) is 42.4 Å². The molecule has 2 aromatic rings. The number of nitrogens with zero attached hydrogens (tertiary/aromatic N) is 2. The van der Waals surface area contributed by atoms with Crippen LogP contribution in [0.1, 0.15) is 29.2 Å². The van der Waals surface area contributed by atoms with Crippen molar-refractivity contribution in [1.29, 1.82) is 0 Å². The third-order valence-corrected chi connectivity index (χ3v) is 9.75. The van der Waals surface area contributed by atoms with Crippen LogP contribution in [0.4, 0.5) is 0 Å². The fraction of sp³-hybridized carbons (Fsp3) is 0.385. The smallest absolute Gasteiger partial charge is 0.125 e. The van der Waals surface area contributed by atoms with Crippen LogP contribution in [-0.4, -0.2) is 35.5 Å². The van der Waals surface area contributed by atoms with Crippen molar-refractivity contribution in [3.63, 3.8) is 0 Å². The predicted molar refractivity (Wildman–Crippen MR) is 110 cm³/mol. The monoisotopic (exact) mass is 364 g/mol. The van der Waals surface area contributed by atoms with Gasteiger partial charge in [0.2, 0.25) is 0 Å². The van der Waals surface area contributed by atoms with Crippen LogP contribution in [0.25, 0.3) is 0 Å². The molecule has 28 heavy (non-hydrogen) atoms. The molecule has 2 bridgehead atoms. The fourth-order valence-corrected chi connectivity index (χ4v) is 9.12. The van der Waals surface area contributed by atoms with E-state index in [0.717, 1.165) is 12.8 Å². The minimum atomic E-state index is -0.0425. The largest absolute Gasteiger partial charge is 0.277 e. The van der Waals surface area contributed by atoms with E-state index in [4.69, 9.17) is 0 Å². The SMILES string of the molecule is CC1N(C)C23C(=CCc4ccccc42)C2(N3C)C34C(=CCc5ccccc53)C142. The molecule has 2 nitrogen and oxygen atoms in total. The van der Waals surface area contributed by atoms with Crippen molar-refractivity contribution in [3.8, 4) is 0 Å². The maximum atomic E-state index is 2.77. The molecule has 3 aliphatic heterocycles. The van der Waals surface area contributed by atoms with Gasteiger partial charge in [-0.3, -0.25) is 9.80 Å². The average Bonchev–Trinajstić information content (AvgIpc) is 3.56. The lowest BCUT2D eigenvalue weighted by Crippen LogP contribution is -2.83. The predicted octanol–water partition coefficient (Wildman–Crippen LogP) is 3.77. The molecule has 4 aliphatic carbocycles. The Morgan fingerprint density at radius 3 is 2.18 bits per heavy atom. The molecule has 2 aromatic carbocycles. The first kappa shape index (κ1) is 14.8. The van der Waals surface area contributed by atoms with Gasteiger partial charge in [-0.15, -0.1) is 0 Å². The van der Waals surface area contributed by atoms with Gasteiger partial charge in [-0.05, 0) is 67.3 Å². The molecule has 3 heterocycles. The molecule has 3 saturated heterocycles. The van der Waals surface area contributed by atoms with Crippen LogP contribution in [0.15, 0.2) is 71.8 Å². The highest BCUT2D eigenvalue weighted by molar-refractivity contribution is 5.93. The Morgan fingerprint density at radius 1 is 0.821 bits per heavy atom. The summed E-state index contributed by atoms with van der Waals surface area (Å²) in [5.41, 5.74) is 10.3. The number of piperidine rings is 1. The summed E-state index contributed by atoms with van der Waals surface area (Å²) in [6.45, 7) is 2.49. The van der Waals surface area contributed by atoms with E-state index in [2.05, 4.69) is 91.5 Å². The number of allylic oxidation sites excluding steroid dienone is 2. The average molecular weight is 364 g/mol. The molecule has 5 unspecified atom stereocenters. The van der Waals surface area contributed by atoms with Crippen LogP contribution in [-0.2, 0) is 23.9 Å². The van der Waals surface area contributed by atoms with Crippen molar-refractivity contribution in [1.82, 2.24) is 9.80 Å². The minimum Gasteiger partial charge on any atom is -0.277 e. The van der Waals surface area contributed by atoms with E-state index in [9.17, 15) is 0 Å². The highest BCUT2D eigenvalue weighted by atomic mass is 15.6. The van der Waals surface area contributed by atoms with Gasteiger partial charge in [0.1, 0.15) is 5.66 Å². The van der Waals surface area contributed by atoms with Crippen molar-refractivity contribution in [3.05, 3.63) is 94.1 Å². The van der Waals surface area contributed by atoms with E-state index in [1.165, 1.54) is 11.1 Å². The molecule has 2 saturated carbocycles. The highest BCUT2D eigenvalue weighted by Crippen LogP contribution is 3.06. The number of benzene rings is 2. The Kier molecular flexibility index (Phi) is 2.01. The van der Waals surface area contributed by atoms with Gasteiger partial charge in [-0.2, -0.15) is 0 Å². The first-order chi connectivity index (χ1) is 13.6. The number of hydrogen-bond donors (Lipinski definition) is 0. The molecule has 5 fully saturated rings. The molecular weight excluding hydrogens is 340 g/mol. The Bertz CT molecular complexity index is 1210. The summed E-state index contributed by atoms with van der Waals surface area (Å²) >= 11 is 0. The second-order valence-electron chi connectivity index (χ2n) is 9.74. The first-order valence-electron chi connectivity index (χ1n) is 10.7. The van der Waals surface area contributed by atoms with E-state index in [1.807, 2.05) is 0 Å². The van der Waals surface area contributed by atoms with E-state index < -0.39 is 0 Å². The quantitative estimate of drug-likeness (QED) is 0.657. The minimum absolute atomic E-state index is 0.0425. The van der Waals surface area contributed by atoms with Crippen molar-refractivity contribution in [2.75, 3.05) is 14.1 Å². The standard InChI is InChI=1S/C26H24N2/c1-16-23-21-14-12-17-8-4-6-10-19(17)24(21,23)26(23)22-15-13-18-9-5-7-11-20(18)25(22,27(16)2)28(26)3/h4-11,14-16H,12-13H2,1-3H3. The Hall–Kier alpha value is -2.16. The van der Waals surface area contributed by atoms with Crippen LogP contribution >= 0.6 is 0 Å². The fourth-order valence-electron chi connectivity index (χ4n) is 9.12. The second-order valence-corrected chi connectivity index (χ2v) is 9.74. The summed E-state index contributed by atoms with van der Waals surface area (Å²) in [7, 11) is 4.77. The van der Waals surface area contributed by atoms with Crippen LogP contribution in [0.2, 0.25) is 0 Å². The molecule has 9 rings (SSSR count). The van der Waals surface area contributed by atoms with Gasteiger partial charge in [0, 0.05) is 11.5 Å². The molecule has 7 aliphatic rings. The molecule has 0 aromatic heterocycles. The van der Waals surface area contributed by atoms with E-state index in [1.54, 1.807) is 22.3 Å². The van der Waals surface area contributed by atoms with Crippen LogP contribution in [0, 0.1) is 5.41 Å². The summed E-state index contributed by atoms with van der Waals surface area (Å²) in [6, 6.07) is 18.9. The summed E-state index contributed by atoms with van der Waals surface area (Å²) in [4.78, 5) is 5.47. The Morgan fingerprint density at radius 2 is 1.43 bits per heavy atom. The van der Waals surface area contributed by atoms with Gasteiger partial charge < -0.3 is 0 Å². The molecule has 2 heteroatoms. The van der Waals surface area contributed by atoms with Crippen molar-refractivity contribution < 1.29 is 0 Å². The molecule has 0 amide bonds. The lowest BCUT2D eigenvalue weighted by Gasteiger charge is -2.74. The molecule has 0 radical (unpaired) electrons. The highest BCUT2D eigenvalue weighted by Gasteiger charge is 3.13. The third kappa shape index (κ3) is 0.911. The Labute approximate surface area is 166 Å². The summed E-state index contributed by atoms with van der Waals surface area (Å²) in [5.74, 6) is 0. The van der Waals surface area contributed by atoms with Crippen LogP contribution < -0.4 is 0 Å². The molecule has 4 spiro atoms. The molecule has 138 valence electrons. The molecule has 5 atom stereocenters. The topological polar surface area (TPSA) is 6.48 Å². The van der Waals surface area contributed by atoms with Crippen LogP contribution in [0.5, 0.6) is 0 Å². The van der Waals surface area contributed by atoms with Gasteiger partial charge in [0.05, 0.1) is 11.0 Å². The van der Waals surface area contributed by atoms with E-state index in [-0.39, 0.29) is 22.0 Å². The Balaban J connectivity index is 1.46. The summed E-state index contributed by atoms with van der Waals surface area (Å²) in [5, 5.41) is 0. The van der Waals surface area contributed by atoms with Gasteiger partial charge >= 0.3 is 0 Å². The van der Waals surface area contributed by atoms with Gasteiger partial charge in [-0.1, -0.05) is 60.7 Å². The summed E-state index contributed by atoms with van der Waals surface area (Å²) < 4.78 is 0. The maximum absolute atomic E-state index is 2.77. The number of fused-ring (bicyclic) bond motifs is 3. The normalized spacial score (nSPS) is 45.8. The number of likely N-dealkylation sites (N-methyl/N-ethyl adjacent to an activating group) is 2. The third-order valence-electron chi connectivity index (χ3n) is 9.75. The van der Waals surface area contributed by atoms with Gasteiger partial charge in [0.25, 0.3) is 0 Å². The first-order valence-corrected chi connectivity index (χ1v) is 10.7. The molecular formula is C26H24N2. The van der Waals surface area contributed by atoms with Crippen molar-refractivity contribution >= 4 is 0 Å².